The van der Waals surface area contributed by atoms with Gasteiger partial charge in [-0.1, -0.05) is 31.2 Å². The lowest BCUT2D eigenvalue weighted by atomic mass is 9.89. The van der Waals surface area contributed by atoms with Crippen molar-refractivity contribution >= 4 is 5.97 Å². The second-order valence-corrected chi connectivity index (χ2v) is 4.78. The molecular formula is C14H19NO2. The molecule has 1 aliphatic rings. The van der Waals surface area contributed by atoms with E-state index in [1.54, 1.807) is 0 Å². The molecule has 0 aromatic heterocycles. The lowest BCUT2D eigenvalue weighted by molar-refractivity contribution is -0.144. The zero-order valence-electron chi connectivity index (χ0n) is 10.4. The van der Waals surface area contributed by atoms with Gasteiger partial charge in [-0.15, -0.1) is 0 Å². The summed E-state index contributed by atoms with van der Waals surface area (Å²) in [6.45, 7) is 2.12. The predicted octanol–water partition coefficient (Wildman–Crippen LogP) is 2.37. The minimum Gasteiger partial charge on any atom is -0.481 e. The van der Waals surface area contributed by atoms with Crippen molar-refractivity contribution in [1.29, 1.82) is 0 Å². The van der Waals surface area contributed by atoms with Gasteiger partial charge in [0.05, 0.1) is 5.41 Å². The number of nitrogens with one attached hydrogen (secondary N) is 1. The summed E-state index contributed by atoms with van der Waals surface area (Å²) in [4.78, 5) is 11.3. The van der Waals surface area contributed by atoms with Crippen molar-refractivity contribution in [1.82, 2.24) is 5.32 Å². The molecule has 2 N–H and O–H groups in total. The summed E-state index contributed by atoms with van der Waals surface area (Å²) in [6.07, 6.45) is 2.54. The number of benzene rings is 1. The Morgan fingerprint density at radius 3 is 2.35 bits per heavy atom. The quantitative estimate of drug-likeness (QED) is 0.821. The molecule has 17 heavy (non-hydrogen) atoms. The lowest BCUT2D eigenvalue weighted by Gasteiger charge is -2.23. The summed E-state index contributed by atoms with van der Waals surface area (Å²) < 4.78 is 0. The van der Waals surface area contributed by atoms with Crippen LogP contribution in [0.5, 0.6) is 0 Å². The fraction of sp³-hybridized carbons (Fsp3) is 0.500. The van der Waals surface area contributed by atoms with Crippen LogP contribution in [-0.4, -0.2) is 18.1 Å². The molecule has 0 bridgehead atoms. The van der Waals surface area contributed by atoms with Crippen LogP contribution in [0.15, 0.2) is 24.3 Å². The molecule has 1 fully saturated rings. The van der Waals surface area contributed by atoms with Gasteiger partial charge in [-0.3, -0.25) is 4.79 Å². The van der Waals surface area contributed by atoms with Crippen molar-refractivity contribution < 1.29 is 9.90 Å². The topological polar surface area (TPSA) is 49.3 Å². The molecule has 0 radical (unpaired) electrons. The lowest BCUT2D eigenvalue weighted by Crippen LogP contribution is -2.32. The van der Waals surface area contributed by atoms with Gasteiger partial charge in [-0.2, -0.15) is 0 Å². The first kappa shape index (κ1) is 12.1. The first-order valence-corrected chi connectivity index (χ1v) is 6.13. The summed E-state index contributed by atoms with van der Waals surface area (Å²) in [5.74, 6) is -0.684. The van der Waals surface area contributed by atoms with Crippen molar-refractivity contribution in [2.75, 3.05) is 7.05 Å². The first-order chi connectivity index (χ1) is 8.14. The Kier molecular flexibility index (Phi) is 3.20. The standard InChI is InChI=1S/C14H19NO2/c1-3-10-4-6-11(7-5-10)12(15-2)14(8-9-14)13(16)17/h4-7,12,15H,3,8-9H2,1-2H3,(H,16,17). The van der Waals surface area contributed by atoms with E-state index in [-0.39, 0.29) is 6.04 Å². The maximum atomic E-state index is 11.3. The Labute approximate surface area is 102 Å². The number of rotatable bonds is 5. The van der Waals surface area contributed by atoms with E-state index in [4.69, 9.17) is 0 Å². The Morgan fingerprint density at radius 2 is 2.00 bits per heavy atom. The fourth-order valence-corrected chi connectivity index (χ4v) is 2.47. The third kappa shape index (κ3) is 2.07. The summed E-state index contributed by atoms with van der Waals surface area (Å²) >= 11 is 0. The highest BCUT2D eigenvalue weighted by Crippen LogP contribution is 2.55. The maximum absolute atomic E-state index is 11.3. The second-order valence-electron chi connectivity index (χ2n) is 4.78. The highest BCUT2D eigenvalue weighted by atomic mass is 16.4. The van der Waals surface area contributed by atoms with E-state index in [2.05, 4.69) is 24.4 Å². The fourth-order valence-electron chi connectivity index (χ4n) is 2.47. The zero-order chi connectivity index (χ0) is 12.5. The van der Waals surface area contributed by atoms with Gasteiger partial charge in [0.15, 0.2) is 0 Å². The zero-order valence-corrected chi connectivity index (χ0v) is 10.4. The van der Waals surface area contributed by atoms with Gasteiger partial charge < -0.3 is 10.4 Å². The molecule has 3 nitrogen and oxygen atoms in total. The normalized spacial score (nSPS) is 18.7. The van der Waals surface area contributed by atoms with Crippen molar-refractivity contribution in [2.24, 2.45) is 5.41 Å². The number of aryl methyl sites for hydroxylation is 1. The Morgan fingerprint density at radius 1 is 1.41 bits per heavy atom. The van der Waals surface area contributed by atoms with Crippen molar-refractivity contribution in [2.45, 2.75) is 32.2 Å². The SMILES string of the molecule is CCc1ccc(C(NC)C2(C(=O)O)CC2)cc1. The van der Waals surface area contributed by atoms with E-state index in [1.165, 1.54) is 5.56 Å². The van der Waals surface area contributed by atoms with Gasteiger partial charge in [0.1, 0.15) is 0 Å². The molecule has 0 saturated heterocycles. The van der Waals surface area contributed by atoms with E-state index in [9.17, 15) is 9.90 Å². The molecule has 1 atom stereocenters. The molecule has 1 unspecified atom stereocenters. The van der Waals surface area contributed by atoms with E-state index >= 15 is 0 Å². The molecule has 92 valence electrons. The molecule has 0 spiro atoms. The van der Waals surface area contributed by atoms with Crippen LogP contribution in [0, 0.1) is 5.41 Å². The minimum absolute atomic E-state index is 0.0779. The largest absolute Gasteiger partial charge is 0.481 e. The van der Waals surface area contributed by atoms with E-state index in [0.29, 0.717) is 0 Å². The Balaban J connectivity index is 2.26. The third-order valence-corrected chi connectivity index (χ3v) is 3.78. The third-order valence-electron chi connectivity index (χ3n) is 3.78. The van der Waals surface area contributed by atoms with Crippen LogP contribution in [0.4, 0.5) is 0 Å². The second kappa shape index (κ2) is 4.49. The van der Waals surface area contributed by atoms with Gasteiger partial charge in [0.25, 0.3) is 0 Å². The Bertz CT molecular complexity index is 407. The van der Waals surface area contributed by atoms with Gasteiger partial charge in [0.2, 0.25) is 0 Å². The summed E-state index contributed by atoms with van der Waals surface area (Å²) in [7, 11) is 1.83. The van der Waals surface area contributed by atoms with Crippen LogP contribution in [-0.2, 0) is 11.2 Å². The highest BCUT2D eigenvalue weighted by molar-refractivity contribution is 5.79. The molecule has 1 saturated carbocycles. The molecule has 2 rings (SSSR count). The molecule has 1 aliphatic carbocycles. The average molecular weight is 233 g/mol. The molecule has 1 aromatic rings. The van der Waals surface area contributed by atoms with Crippen LogP contribution >= 0.6 is 0 Å². The molecule has 3 heteroatoms. The van der Waals surface area contributed by atoms with E-state index in [0.717, 1.165) is 24.8 Å². The average Bonchev–Trinajstić information content (AvgIpc) is 3.12. The Hall–Kier alpha value is -1.35. The van der Waals surface area contributed by atoms with Crippen molar-refractivity contribution in [3.05, 3.63) is 35.4 Å². The number of carboxylic acids is 1. The summed E-state index contributed by atoms with van der Waals surface area (Å²) in [6, 6.07) is 8.17. The van der Waals surface area contributed by atoms with Gasteiger partial charge in [-0.05, 0) is 37.4 Å². The molecular weight excluding hydrogens is 214 g/mol. The minimum atomic E-state index is -0.684. The van der Waals surface area contributed by atoms with Crippen LogP contribution < -0.4 is 5.32 Å². The number of carbonyl (C=O) groups is 1. The summed E-state index contributed by atoms with van der Waals surface area (Å²) in [5.41, 5.74) is 1.77. The van der Waals surface area contributed by atoms with Crippen LogP contribution in [0.1, 0.15) is 36.9 Å². The van der Waals surface area contributed by atoms with E-state index < -0.39 is 11.4 Å². The number of hydrogen-bond acceptors (Lipinski definition) is 2. The number of carboxylic acid groups (broad SMARTS) is 1. The van der Waals surface area contributed by atoms with Crippen LogP contribution in [0.25, 0.3) is 0 Å². The first-order valence-electron chi connectivity index (χ1n) is 6.13. The highest BCUT2D eigenvalue weighted by Gasteiger charge is 2.56. The van der Waals surface area contributed by atoms with Crippen molar-refractivity contribution in [3.63, 3.8) is 0 Å². The monoisotopic (exact) mass is 233 g/mol. The van der Waals surface area contributed by atoms with Gasteiger partial charge >= 0.3 is 5.97 Å². The van der Waals surface area contributed by atoms with Crippen molar-refractivity contribution in [3.8, 4) is 0 Å². The van der Waals surface area contributed by atoms with Crippen LogP contribution in [0.3, 0.4) is 0 Å². The maximum Gasteiger partial charge on any atom is 0.311 e. The predicted molar refractivity (Wildman–Crippen MR) is 66.9 cm³/mol. The van der Waals surface area contributed by atoms with E-state index in [1.807, 2.05) is 19.2 Å². The number of aliphatic carboxylic acids is 1. The molecule has 0 aliphatic heterocycles. The van der Waals surface area contributed by atoms with Gasteiger partial charge in [-0.25, -0.2) is 0 Å². The van der Waals surface area contributed by atoms with Gasteiger partial charge in [0, 0.05) is 6.04 Å². The summed E-state index contributed by atoms with van der Waals surface area (Å²) in [5, 5.41) is 12.5. The smallest absolute Gasteiger partial charge is 0.311 e. The van der Waals surface area contributed by atoms with Crippen LogP contribution in [0.2, 0.25) is 0 Å². The molecule has 1 aromatic carbocycles. The molecule has 0 amide bonds. The number of hydrogen-bond donors (Lipinski definition) is 2. The molecule has 0 heterocycles.